The summed E-state index contributed by atoms with van der Waals surface area (Å²) in [4.78, 5) is 16.6. The molecule has 2 amide bonds. The largest absolute Gasteiger partial charge is 0.494 e. The molecule has 0 unspecified atom stereocenters. The summed E-state index contributed by atoms with van der Waals surface area (Å²) in [6.45, 7) is 7.58. The molecule has 3 rings (SSSR count). The number of carbonyl (C=O) groups is 1. The molecule has 1 heterocycles. The second-order valence-corrected chi connectivity index (χ2v) is 6.73. The lowest BCUT2D eigenvalue weighted by Crippen LogP contribution is -2.50. The fourth-order valence-corrected chi connectivity index (χ4v) is 3.24. The molecule has 0 atom stereocenters. The van der Waals surface area contributed by atoms with Crippen molar-refractivity contribution < 1.29 is 9.53 Å². The second-order valence-electron chi connectivity index (χ2n) is 6.29. The van der Waals surface area contributed by atoms with Crippen molar-refractivity contribution in [2.45, 2.75) is 13.8 Å². The van der Waals surface area contributed by atoms with Crippen molar-refractivity contribution in [2.75, 3.05) is 43.0 Å². The van der Waals surface area contributed by atoms with Gasteiger partial charge in [-0.2, -0.15) is 0 Å². The topological polar surface area (TPSA) is 44.8 Å². The highest BCUT2D eigenvalue weighted by Gasteiger charge is 2.22. The molecule has 1 aliphatic rings. The molecule has 0 aromatic heterocycles. The molecular weight excluding hydrogens is 350 g/mol. The zero-order valence-electron chi connectivity index (χ0n) is 15.2. The summed E-state index contributed by atoms with van der Waals surface area (Å²) in [7, 11) is 0. The van der Waals surface area contributed by atoms with E-state index in [0.29, 0.717) is 19.7 Å². The standard InChI is InChI=1S/C20H24ClN3O2/c1-3-26-18-8-6-17(7-9-18)22-20(25)24-12-10-23(11-13-24)19-14-16(21)5-4-15(19)2/h4-9,14H,3,10-13H2,1-2H3,(H,22,25). The summed E-state index contributed by atoms with van der Waals surface area (Å²) in [6.07, 6.45) is 0. The van der Waals surface area contributed by atoms with Crippen LogP contribution in [-0.2, 0) is 0 Å². The second kappa shape index (κ2) is 8.32. The molecule has 1 fully saturated rings. The van der Waals surface area contributed by atoms with Gasteiger partial charge in [-0.1, -0.05) is 17.7 Å². The maximum Gasteiger partial charge on any atom is 0.321 e. The zero-order valence-corrected chi connectivity index (χ0v) is 15.9. The van der Waals surface area contributed by atoms with Crippen LogP contribution in [0.15, 0.2) is 42.5 Å². The lowest BCUT2D eigenvalue weighted by Gasteiger charge is -2.36. The first kappa shape index (κ1) is 18.4. The summed E-state index contributed by atoms with van der Waals surface area (Å²) in [6, 6.07) is 13.3. The van der Waals surface area contributed by atoms with Crippen LogP contribution in [0.3, 0.4) is 0 Å². The van der Waals surface area contributed by atoms with Crippen molar-refractivity contribution in [3.63, 3.8) is 0 Å². The number of ether oxygens (including phenoxy) is 1. The third-order valence-corrected chi connectivity index (χ3v) is 4.73. The molecule has 6 heteroatoms. The molecule has 2 aromatic rings. The van der Waals surface area contributed by atoms with E-state index in [2.05, 4.69) is 17.1 Å². The number of urea groups is 1. The van der Waals surface area contributed by atoms with Crippen molar-refractivity contribution in [1.82, 2.24) is 4.90 Å². The monoisotopic (exact) mass is 373 g/mol. The smallest absolute Gasteiger partial charge is 0.321 e. The number of anilines is 2. The number of rotatable bonds is 4. The van der Waals surface area contributed by atoms with Crippen LogP contribution in [0.1, 0.15) is 12.5 Å². The van der Waals surface area contributed by atoms with Crippen molar-refractivity contribution >= 4 is 29.0 Å². The van der Waals surface area contributed by atoms with Gasteiger partial charge < -0.3 is 19.9 Å². The summed E-state index contributed by atoms with van der Waals surface area (Å²) in [5.41, 5.74) is 3.11. The highest BCUT2D eigenvalue weighted by atomic mass is 35.5. The number of amides is 2. The molecule has 138 valence electrons. The minimum atomic E-state index is -0.0726. The number of nitrogens with zero attached hydrogens (tertiary/aromatic N) is 2. The molecule has 1 N–H and O–H groups in total. The number of piperazine rings is 1. The summed E-state index contributed by atoms with van der Waals surface area (Å²) >= 11 is 6.13. The average molecular weight is 374 g/mol. The van der Waals surface area contributed by atoms with Crippen molar-refractivity contribution in [3.8, 4) is 5.75 Å². The van der Waals surface area contributed by atoms with Crippen LogP contribution in [0.2, 0.25) is 5.02 Å². The number of aryl methyl sites for hydroxylation is 1. The van der Waals surface area contributed by atoms with Gasteiger partial charge in [0.2, 0.25) is 0 Å². The first-order valence-electron chi connectivity index (χ1n) is 8.86. The van der Waals surface area contributed by atoms with E-state index in [1.807, 2.05) is 54.3 Å². The first-order chi connectivity index (χ1) is 12.6. The highest BCUT2D eigenvalue weighted by molar-refractivity contribution is 6.30. The van der Waals surface area contributed by atoms with E-state index in [-0.39, 0.29) is 6.03 Å². The third-order valence-electron chi connectivity index (χ3n) is 4.50. The summed E-state index contributed by atoms with van der Waals surface area (Å²) in [5.74, 6) is 0.802. The van der Waals surface area contributed by atoms with E-state index in [0.717, 1.165) is 35.2 Å². The van der Waals surface area contributed by atoms with Crippen LogP contribution >= 0.6 is 11.6 Å². The van der Waals surface area contributed by atoms with Crippen molar-refractivity contribution in [3.05, 3.63) is 53.1 Å². The molecule has 26 heavy (non-hydrogen) atoms. The Labute approximate surface area is 159 Å². The lowest BCUT2D eigenvalue weighted by molar-refractivity contribution is 0.208. The number of hydrogen-bond acceptors (Lipinski definition) is 3. The van der Waals surface area contributed by atoms with Crippen LogP contribution < -0.4 is 15.0 Å². The third kappa shape index (κ3) is 4.41. The van der Waals surface area contributed by atoms with E-state index in [1.54, 1.807) is 0 Å². The Balaban J connectivity index is 1.55. The maximum absolute atomic E-state index is 12.5. The highest BCUT2D eigenvalue weighted by Crippen LogP contribution is 2.25. The zero-order chi connectivity index (χ0) is 18.5. The van der Waals surface area contributed by atoms with Crippen LogP contribution in [0.5, 0.6) is 5.75 Å². The molecule has 0 aliphatic carbocycles. The lowest BCUT2D eigenvalue weighted by atomic mass is 10.1. The number of hydrogen-bond donors (Lipinski definition) is 1. The van der Waals surface area contributed by atoms with Gasteiger partial charge in [-0.05, 0) is 55.8 Å². The summed E-state index contributed by atoms with van der Waals surface area (Å²) < 4.78 is 5.42. The van der Waals surface area contributed by atoms with E-state index >= 15 is 0 Å². The Hall–Kier alpha value is -2.40. The van der Waals surface area contributed by atoms with Gasteiger partial charge in [0, 0.05) is 42.6 Å². The molecule has 2 aromatic carbocycles. The Morgan fingerprint density at radius 2 is 1.81 bits per heavy atom. The van der Waals surface area contributed by atoms with Gasteiger partial charge in [-0.3, -0.25) is 0 Å². The fourth-order valence-electron chi connectivity index (χ4n) is 3.08. The van der Waals surface area contributed by atoms with E-state index < -0.39 is 0 Å². The predicted molar refractivity (Wildman–Crippen MR) is 107 cm³/mol. The molecule has 0 saturated carbocycles. The van der Waals surface area contributed by atoms with Gasteiger partial charge in [0.25, 0.3) is 0 Å². The molecular formula is C20H24ClN3O2. The molecule has 0 bridgehead atoms. The summed E-state index contributed by atoms with van der Waals surface area (Å²) in [5, 5.41) is 3.69. The molecule has 0 spiro atoms. The maximum atomic E-state index is 12.5. The molecule has 1 aliphatic heterocycles. The van der Waals surface area contributed by atoms with E-state index in [9.17, 15) is 4.79 Å². The van der Waals surface area contributed by atoms with Gasteiger partial charge in [-0.15, -0.1) is 0 Å². The minimum absolute atomic E-state index is 0.0726. The molecule has 1 saturated heterocycles. The van der Waals surface area contributed by atoms with Gasteiger partial charge in [-0.25, -0.2) is 4.79 Å². The number of halogens is 1. The Morgan fingerprint density at radius 3 is 2.46 bits per heavy atom. The quantitative estimate of drug-likeness (QED) is 0.863. The van der Waals surface area contributed by atoms with Crippen LogP contribution in [0, 0.1) is 6.92 Å². The molecule has 0 radical (unpaired) electrons. The number of benzene rings is 2. The van der Waals surface area contributed by atoms with Crippen molar-refractivity contribution in [2.24, 2.45) is 0 Å². The van der Waals surface area contributed by atoms with Gasteiger partial charge in [0.05, 0.1) is 6.61 Å². The minimum Gasteiger partial charge on any atom is -0.494 e. The average Bonchev–Trinajstić information content (AvgIpc) is 2.66. The van der Waals surface area contributed by atoms with Crippen LogP contribution in [0.25, 0.3) is 0 Å². The first-order valence-corrected chi connectivity index (χ1v) is 9.24. The Kier molecular flexibility index (Phi) is 5.89. The van der Waals surface area contributed by atoms with Gasteiger partial charge in [0.15, 0.2) is 0 Å². The van der Waals surface area contributed by atoms with E-state index in [1.165, 1.54) is 5.56 Å². The SMILES string of the molecule is CCOc1ccc(NC(=O)N2CCN(c3cc(Cl)ccc3C)CC2)cc1. The van der Waals surface area contributed by atoms with Crippen LogP contribution in [-0.4, -0.2) is 43.7 Å². The Bertz CT molecular complexity index is 756. The van der Waals surface area contributed by atoms with Crippen LogP contribution in [0.4, 0.5) is 16.2 Å². The number of nitrogens with one attached hydrogen (secondary N) is 1. The fraction of sp³-hybridized carbons (Fsp3) is 0.350. The van der Waals surface area contributed by atoms with Gasteiger partial charge >= 0.3 is 6.03 Å². The predicted octanol–water partition coefficient (Wildman–Crippen LogP) is 4.40. The van der Waals surface area contributed by atoms with Gasteiger partial charge in [0.1, 0.15) is 5.75 Å². The normalized spacial score (nSPS) is 14.3. The van der Waals surface area contributed by atoms with Crippen molar-refractivity contribution in [1.29, 1.82) is 0 Å². The Morgan fingerprint density at radius 1 is 1.12 bits per heavy atom. The molecule has 5 nitrogen and oxygen atoms in total. The van der Waals surface area contributed by atoms with E-state index in [4.69, 9.17) is 16.3 Å². The number of carbonyl (C=O) groups excluding carboxylic acids is 1.